The summed E-state index contributed by atoms with van der Waals surface area (Å²) in [6.45, 7) is 5.99. The maximum absolute atomic E-state index is 11.6. The maximum Gasteiger partial charge on any atom is 0.276 e. The lowest BCUT2D eigenvalue weighted by Gasteiger charge is -2.26. The summed E-state index contributed by atoms with van der Waals surface area (Å²) < 4.78 is 11.1. The number of benzene rings is 1. The topological polar surface area (TPSA) is 47.6 Å². The van der Waals surface area contributed by atoms with Gasteiger partial charge in [0.1, 0.15) is 0 Å². The van der Waals surface area contributed by atoms with Crippen LogP contribution in [0.1, 0.15) is 26.3 Å². The highest BCUT2D eigenvalue weighted by atomic mass is 16.7. The van der Waals surface area contributed by atoms with Gasteiger partial charge in [0.05, 0.1) is 12.2 Å². The van der Waals surface area contributed by atoms with Gasteiger partial charge in [0, 0.05) is 7.05 Å². The zero-order valence-electron chi connectivity index (χ0n) is 11.4. The maximum atomic E-state index is 11.6. The first-order chi connectivity index (χ1) is 8.42. The Bertz CT molecular complexity index is 370. The van der Waals surface area contributed by atoms with Crippen molar-refractivity contribution in [3.05, 3.63) is 35.9 Å². The van der Waals surface area contributed by atoms with Crippen LogP contribution in [0.25, 0.3) is 0 Å². The average molecular weight is 251 g/mol. The van der Waals surface area contributed by atoms with Crippen molar-refractivity contribution in [1.82, 2.24) is 5.32 Å². The average Bonchev–Trinajstić information content (AvgIpc) is 2.33. The van der Waals surface area contributed by atoms with Gasteiger partial charge in [0.15, 0.2) is 0 Å². The Morgan fingerprint density at radius 1 is 1.28 bits per heavy atom. The van der Waals surface area contributed by atoms with Crippen molar-refractivity contribution in [2.45, 2.75) is 39.3 Å². The molecule has 0 spiro atoms. The molecule has 0 radical (unpaired) electrons. The van der Waals surface area contributed by atoms with Crippen LogP contribution in [-0.4, -0.2) is 24.8 Å². The molecule has 1 rings (SSSR count). The summed E-state index contributed by atoms with van der Waals surface area (Å²) in [5, 5.41) is 2.53. The molecule has 1 unspecified atom stereocenters. The van der Waals surface area contributed by atoms with E-state index in [9.17, 15) is 4.79 Å². The standard InChI is InChI=1S/C14H21NO3/c1-14(2,3)18-13(12(16)15-4)17-10-11-8-6-5-7-9-11/h5-9,13H,10H2,1-4H3,(H,15,16). The summed E-state index contributed by atoms with van der Waals surface area (Å²) in [4.78, 5) is 11.6. The van der Waals surface area contributed by atoms with Crippen LogP contribution in [0.3, 0.4) is 0 Å². The number of amides is 1. The minimum Gasteiger partial charge on any atom is -0.355 e. The molecule has 0 aliphatic carbocycles. The highest BCUT2D eigenvalue weighted by Crippen LogP contribution is 2.13. The van der Waals surface area contributed by atoms with E-state index in [1.165, 1.54) is 0 Å². The zero-order chi connectivity index (χ0) is 13.6. The third-order valence-electron chi connectivity index (χ3n) is 2.17. The number of hydrogen-bond acceptors (Lipinski definition) is 3. The van der Waals surface area contributed by atoms with Crippen LogP contribution in [-0.2, 0) is 20.9 Å². The zero-order valence-corrected chi connectivity index (χ0v) is 11.4. The van der Waals surface area contributed by atoms with Crippen molar-refractivity contribution in [2.24, 2.45) is 0 Å². The first-order valence-electron chi connectivity index (χ1n) is 5.97. The molecule has 4 heteroatoms. The lowest BCUT2D eigenvalue weighted by molar-refractivity contribution is -0.204. The second kappa shape index (κ2) is 6.52. The molecule has 1 amide bonds. The van der Waals surface area contributed by atoms with Gasteiger partial charge in [0.2, 0.25) is 6.29 Å². The molecule has 1 aromatic carbocycles. The molecule has 1 N–H and O–H groups in total. The van der Waals surface area contributed by atoms with E-state index >= 15 is 0 Å². The van der Waals surface area contributed by atoms with Crippen LogP contribution < -0.4 is 5.32 Å². The molecular formula is C14H21NO3. The molecule has 0 heterocycles. The molecule has 1 aromatic rings. The van der Waals surface area contributed by atoms with Gasteiger partial charge in [0.25, 0.3) is 5.91 Å². The molecule has 18 heavy (non-hydrogen) atoms. The van der Waals surface area contributed by atoms with E-state index in [0.717, 1.165) is 5.56 Å². The summed E-state index contributed by atoms with van der Waals surface area (Å²) in [5.74, 6) is -0.277. The van der Waals surface area contributed by atoms with E-state index in [1.54, 1.807) is 7.05 Å². The summed E-state index contributed by atoms with van der Waals surface area (Å²) in [5.41, 5.74) is 0.567. The monoisotopic (exact) mass is 251 g/mol. The fourth-order valence-electron chi connectivity index (χ4n) is 1.35. The summed E-state index contributed by atoms with van der Waals surface area (Å²) in [7, 11) is 1.56. The lowest BCUT2D eigenvalue weighted by atomic mass is 10.2. The molecule has 0 saturated heterocycles. The number of nitrogens with one attached hydrogen (secondary N) is 1. The molecule has 4 nitrogen and oxygen atoms in total. The Hall–Kier alpha value is -1.39. The Morgan fingerprint density at radius 2 is 1.89 bits per heavy atom. The fourth-order valence-corrected chi connectivity index (χ4v) is 1.35. The summed E-state index contributed by atoms with van der Waals surface area (Å²) in [6.07, 6.45) is -0.893. The molecule has 100 valence electrons. The fraction of sp³-hybridized carbons (Fsp3) is 0.500. The first-order valence-corrected chi connectivity index (χ1v) is 5.97. The van der Waals surface area contributed by atoms with E-state index in [1.807, 2.05) is 51.1 Å². The highest BCUT2D eigenvalue weighted by Gasteiger charge is 2.25. The van der Waals surface area contributed by atoms with Crippen molar-refractivity contribution >= 4 is 5.91 Å². The van der Waals surface area contributed by atoms with Crippen LogP contribution in [0.15, 0.2) is 30.3 Å². The molecule has 0 aromatic heterocycles. The Kier molecular flexibility index (Phi) is 5.31. The van der Waals surface area contributed by atoms with E-state index < -0.39 is 11.9 Å². The molecular weight excluding hydrogens is 230 g/mol. The number of likely N-dealkylation sites (N-methyl/N-ethyl adjacent to an activating group) is 1. The van der Waals surface area contributed by atoms with Gasteiger partial charge in [-0.2, -0.15) is 0 Å². The molecule has 0 bridgehead atoms. The van der Waals surface area contributed by atoms with Crippen molar-refractivity contribution in [3.8, 4) is 0 Å². The quantitative estimate of drug-likeness (QED) is 0.815. The molecule has 1 atom stereocenters. The predicted molar refractivity (Wildman–Crippen MR) is 69.9 cm³/mol. The predicted octanol–water partition coefficient (Wildman–Crippen LogP) is 2.09. The number of carbonyl (C=O) groups is 1. The molecule has 0 fully saturated rings. The van der Waals surface area contributed by atoms with Crippen molar-refractivity contribution in [3.63, 3.8) is 0 Å². The Labute approximate surface area is 108 Å². The number of ether oxygens (including phenoxy) is 2. The van der Waals surface area contributed by atoms with Gasteiger partial charge in [-0.25, -0.2) is 0 Å². The Balaban J connectivity index is 2.59. The largest absolute Gasteiger partial charge is 0.355 e. The summed E-state index contributed by atoms with van der Waals surface area (Å²) in [6, 6.07) is 9.68. The normalized spacial score (nSPS) is 13.1. The second-order valence-electron chi connectivity index (χ2n) is 4.97. The molecule has 0 aliphatic rings. The second-order valence-corrected chi connectivity index (χ2v) is 4.97. The van der Waals surface area contributed by atoms with Gasteiger partial charge >= 0.3 is 0 Å². The van der Waals surface area contributed by atoms with Crippen LogP contribution in [0, 0.1) is 0 Å². The third kappa shape index (κ3) is 5.29. The minimum atomic E-state index is -0.893. The van der Waals surface area contributed by atoms with Gasteiger partial charge in [-0.1, -0.05) is 30.3 Å². The van der Waals surface area contributed by atoms with Gasteiger partial charge in [-0.15, -0.1) is 0 Å². The first kappa shape index (κ1) is 14.7. The molecule has 0 aliphatic heterocycles. The van der Waals surface area contributed by atoms with Crippen molar-refractivity contribution in [2.75, 3.05) is 7.05 Å². The number of carbonyl (C=O) groups excluding carboxylic acids is 1. The summed E-state index contributed by atoms with van der Waals surface area (Å²) >= 11 is 0. The van der Waals surface area contributed by atoms with Crippen LogP contribution >= 0.6 is 0 Å². The lowest BCUT2D eigenvalue weighted by Crippen LogP contribution is -2.40. The van der Waals surface area contributed by atoms with E-state index in [-0.39, 0.29) is 5.91 Å². The van der Waals surface area contributed by atoms with E-state index in [0.29, 0.717) is 6.61 Å². The van der Waals surface area contributed by atoms with E-state index in [2.05, 4.69) is 5.32 Å². The van der Waals surface area contributed by atoms with Crippen molar-refractivity contribution < 1.29 is 14.3 Å². The van der Waals surface area contributed by atoms with Crippen LogP contribution in [0.2, 0.25) is 0 Å². The number of rotatable bonds is 5. The number of hydrogen-bond donors (Lipinski definition) is 1. The van der Waals surface area contributed by atoms with Gasteiger partial charge in [-0.3, -0.25) is 4.79 Å². The van der Waals surface area contributed by atoms with Gasteiger partial charge < -0.3 is 14.8 Å². The van der Waals surface area contributed by atoms with Gasteiger partial charge in [-0.05, 0) is 26.3 Å². The van der Waals surface area contributed by atoms with Crippen LogP contribution in [0.4, 0.5) is 0 Å². The van der Waals surface area contributed by atoms with Crippen molar-refractivity contribution in [1.29, 1.82) is 0 Å². The Morgan fingerprint density at radius 3 is 2.39 bits per heavy atom. The third-order valence-corrected chi connectivity index (χ3v) is 2.17. The minimum absolute atomic E-state index is 0.277. The van der Waals surface area contributed by atoms with Crippen LogP contribution in [0.5, 0.6) is 0 Å². The SMILES string of the molecule is CNC(=O)C(OCc1ccccc1)OC(C)(C)C. The highest BCUT2D eigenvalue weighted by molar-refractivity contribution is 5.79. The molecule has 0 saturated carbocycles. The van der Waals surface area contributed by atoms with E-state index in [4.69, 9.17) is 9.47 Å². The smallest absolute Gasteiger partial charge is 0.276 e.